The average molecular weight is 1000 g/mol. The molecule has 1 aliphatic rings. The fraction of sp³-hybridized carbons (Fsp3) is 0.800. The van der Waals surface area contributed by atoms with Gasteiger partial charge in [0.1, 0.15) is 24.4 Å². The molecule has 11 heteroatoms. The van der Waals surface area contributed by atoms with E-state index >= 15 is 0 Å². The second-order valence-electron chi connectivity index (χ2n) is 20.0. The molecule has 412 valence electrons. The van der Waals surface area contributed by atoms with Crippen LogP contribution in [0.4, 0.5) is 0 Å². The number of aliphatic hydroxyl groups is 5. The highest BCUT2D eigenvalue weighted by Gasteiger charge is 2.44. The van der Waals surface area contributed by atoms with Gasteiger partial charge in [0.25, 0.3) is 0 Å². The molecule has 71 heavy (non-hydrogen) atoms. The van der Waals surface area contributed by atoms with E-state index in [-0.39, 0.29) is 18.5 Å². The summed E-state index contributed by atoms with van der Waals surface area (Å²) in [5.74, 6) is -0.238. The molecule has 1 saturated heterocycles. The molecule has 1 aliphatic heterocycles. The third-order valence-electron chi connectivity index (χ3n) is 13.4. The molecular weight excluding hydrogens is 895 g/mol. The molecule has 0 radical (unpaired) electrons. The van der Waals surface area contributed by atoms with Crippen LogP contribution in [0.2, 0.25) is 0 Å². The molecule has 0 aromatic heterocycles. The number of aliphatic hydroxyl groups excluding tert-OH is 5. The first kappa shape index (κ1) is 66.4. The van der Waals surface area contributed by atoms with Crippen molar-refractivity contribution in [2.75, 3.05) is 19.8 Å². The second-order valence-corrected chi connectivity index (χ2v) is 20.0. The summed E-state index contributed by atoms with van der Waals surface area (Å²) in [5.41, 5.74) is 0. The lowest BCUT2D eigenvalue weighted by molar-refractivity contribution is -0.302. The molecular formula is C60H107NO10. The van der Waals surface area contributed by atoms with Gasteiger partial charge in [-0.15, -0.1) is 0 Å². The van der Waals surface area contributed by atoms with Gasteiger partial charge in [-0.3, -0.25) is 9.59 Å². The molecule has 7 atom stereocenters. The SMILES string of the molecule is CCCCC/C=C/CC/C=C/CC/C=C/C(O)C(COC1OC(CO)C(O)C(O)C1O)NC(=O)CCCCCCCCCCCC/C=C\C=C/CCCCCOC(=O)CCCCCCCCCCCCC. The molecule has 11 nitrogen and oxygen atoms in total. The van der Waals surface area contributed by atoms with Crippen molar-refractivity contribution in [3.05, 3.63) is 60.8 Å². The van der Waals surface area contributed by atoms with E-state index in [0.29, 0.717) is 19.4 Å². The number of ether oxygens (including phenoxy) is 3. The lowest BCUT2D eigenvalue weighted by atomic mass is 9.99. The predicted molar refractivity (Wildman–Crippen MR) is 292 cm³/mol. The maximum atomic E-state index is 13.0. The van der Waals surface area contributed by atoms with Crippen LogP contribution in [0.3, 0.4) is 0 Å². The Labute approximate surface area is 433 Å². The van der Waals surface area contributed by atoms with Crippen LogP contribution < -0.4 is 5.32 Å². The van der Waals surface area contributed by atoms with Crippen molar-refractivity contribution in [1.82, 2.24) is 5.32 Å². The third-order valence-corrected chi connectivity index (χ3v) is 13.4. The van der Waals surface area contributed by atoms with E-state index in [4.69, 9.17) is 14.2 Å². The van der Waals surface area contributed by atoms with E-state index in [2.05, 4.69) is 67.8 Å². The maximum Gasteiger partial charge on any atom is 0.305 e. The number of unbranched alkanes of at least 4 members (excludes halogenated alkanes) is 28. The topological polar surface area (TPSA) is 175 Å². The van der Waals surface area contributed by atoms with Crippen molar-refractivity contribution in [2.24, 2.45) is 0 Å². The first-order valence-electron chi connectivity index (χ1n) is 29.1. The van der Waals surface area contributed by atoms with Crippen LogP contribution in [0.15, 0.2) is 60.8 Å². The van der Waals surface area contributed by atoms with E-state index in [1.807, 2.05) is 6.08 Å². The molecule has 0 aliphatic carbocycles. The van der Waals surface area contributed by atoms with Gasteiger partial charge in [-0.25, -0.2) is 0 Å². The zero-order valence-corrected chi connectivity index (χ0v) is 45.2. The number of hydrogen-bond acceptors (Lipinski definition) is 10. The Morgan fingerprint density at radius 3 is 1.51 bits per heavy atom. The second kappa shape index (κ2) is 49.6. The van der Waals surface area contributed by atoms with Gasteiger partial charge in [0.2, 0.25) is 5.91 Å². The molecule has 0 aromatic rings. The van der Waals surface area contributed by atoms with Crippen molar-refractivity contribution in [3.63, 3.8) is 0 Å². The standard InChI is InChI=1S/C60H107NO10/c1-3-5-7-9-11-13-15-23-27-30-34-38-42-46-53(63)52(51-70-60-59(68)58(67)57(66)54(50-62)71-60)61-55(64)47-43-39-35-31-28-24-21-19-17-16-18-20-22-25-29-33-37-41-45-49-69-56(65)48-44-40-36-32-26-14-12-10-8-6-4-2/h11,13,20,22,25,27,29-30,42,46,52-54,57-60,62-63,66-68H,3-10,12,14-19,21,23-24,26,28,31-41,43-45,47-51H2,1-2H3,(H,61,64)/b13-11+,22-20-,29-25-,30-27+,46-42+. The summed E-state index contributed by atoms with van der Waals surface area (Å²) >= 11 is 0. The number of amides is 1. The number of esters is 1. The highest BCUT2D eigenvalue weighted by atomic mass is 16.7. The van der Waals surface area contributed by atoms with Crippen LogP contribution in [0.25, 0.3) is 0 Å². The van der Waals surface area contributed by atoms with Gasteiger partial charge in [0, 0.05) is 12.8 Å². The first-order chi connectivity index (χ1) is 34.7. The molecule has 1 amide bonds. The van der Waals surface area contributed by atoms with Crippen LogP contribution in [-0.4, -0.2) is 100 Å². The summed E-state index contributed by atoms with van der Waals surface area (Å²) in [6, 6.07) is -0.843. The van der Waals surface area contributed by atoms with E-state index in [0.717, 1.165) is 103 Å². The minimum Gasteiger partial charge on any atom is -0.466 e. The monoisotopic (exact) mass is 1000 g/mol. The van der Waals surface area contributed by atoms with Gasteiger partial charge in [0.05, 0.1) is 32.0 Å². The van der Waals surface area contributed by atoms with Gasteiger partial charge >= 0.3 is 5.97 Å². The smallest absolute Gasteiger partial charge is 0.305 e. The normalized spacial score (nSPS) is 19.6. The maximum absolute atomic E-state index is 13.0. The Kier molecular flexibility index (Phi) is 46.3. The lowest BCUT2D eigenvalue weighted by Crippen LogP contribution is -2.60. The van der Waals surface area contributed by atoms with Crippen LogP contribution in [0.1, 0.15) is 245 Å². The molecule has 1 heterocycles. The quantitative estimate of drug-likeness (QED) is 0.0149. The van der Waals surface area contributed by atoms with E-state index < -0.39 is 49.5 Å². The van der Waals surface area contributed by atoms with Crippen LogP contribution >= 0.6 is 0 Å². The van der Waals surface area contributed by atoms with Crippen molar-refractivity contribution in [1.29, 1.82) is 0 Å². The summed E-state index contributed by atoms with van der Waals surface area (Å²) in [6.45, 7) is 4.23. The number of nitrogens with one attached hydrogen (secondary N) is 1. The van der Waals surface area contributed by atoms with Crippen molar-refractivity contribution in [2.45, 2.75) is 288 Å². The first-order valence-corrected chi connectivity index (χ1v) is 29.1. The summed E-state index contributed by atoms with van der Waals surface area (Å²) in [7, 11) is 0. The lowest BCUT2D eigenvalue weighted by Gasteiger charge is -2.40. The zero-order valence-electron chi connectivity index (χ0n) is 45.2. The van der Waals surface area contributed by atoms with Crippen molar-refractivity contribution >= 4 is 11.9 Å². The van der Waals surface area contributed by atoms with Crippen molar-refractivity contribution in [3.8, 4) is 0 Å². The fourth-order valence-electron chi connectivity index (χ4n) is 8.69. The number of allylic oxidation sites excluding steroid dienone is 9. The highest BCUT2D eigenvalue weighted by Crippen LogP contribution is 2.23. The summed E-state index contributed by atoms with van der Waals surface area (Å²) in [5, 5.41) is 54.3. The van der Waals surface area contributed by atoms with Crippen LogP contribution in [0.5, 0.6) is 0 Å². The molecule has 1 fully saturated rings. The Bertz CT molecular complexity index is 1360. The Hall–Kier alpha value is -2.64. The molecule has 6 N–H and O–H groups in total. The Balaban J connectivity index is 2.15. The van der Waals surface area contributed by atoms with Gasteiger partial charge in [-0.1, -0.05) is 203 Å². The summed E-state index contributed by atoms with van der Waals surface area (Å²) in [4.78, 5) is 25.0. The van der Waals surface area contributed by atoms with Gasteiger partial charge in [-0.2, -0.15) is 0 Å². The summed E-state index contributed by atoms with van der Waals surface area (Å²) in [6.07, 6.45) is 53.1. The van der Waals surface area contributed by atoms with Gasteiger partial charge < -0.3 is 45.1 Å². The van der Waals surface area contributed by atoms with Crippen LogP contribution in [-0.2, 0) is 23.8 Å². The van der Waals surface area contributed by atoms with Gasteiger partial charge in [-0.05, 0) is 89.9 Å². The molecule has 0 spiro atoms. The molecule has 7 unspecified atom stereocenters. The largest absolute Gasteiger partial charge is 0.466 e. The highest BCUT2D eigenvalue weighted by molar-refractivity contribution is 5.76. The van der Waals surface area contributed by atoms with E-state index in [1.165, 1.54) is 116 Å². The number of carbonyl (C=O) groups excluding carboxylic acids is 2. The van der Waals surface area contributed by atoms with Crippen LogP contribution in [0, 0.1) is 0 Å². The van der Waals surface area contributed by atoms with E-state index in [9.17, 15) is 35.1 Å². The fourth-order valence-corrected chi connectivity index (χ4v) is 8.69. The number of rotatable bonds is 49. The molecule has 0 saturated carbocycles. The summed E-state index contributed by atoms with van der Waals surface area (Å²) < 4.78 is 16.6. The third kappa shape index (κ3) is 39.5. The predicted octanol–water partition coefficient (Wildman–Crippen LogP) is 13.1. The minimum atomic E-state index is -1.58. The molecule has 0 aromatic carbocycles. The molecule has 0 bridgehead atoms. The van der Waals surface area contributed by atoms with Gasteiger partial charge in [0.15, 0.2) is 6.29 Å². The van der Waals surface area contributed by atoms with Crippen molar-refractivity contribution < 1.29 is 49.3 Å². The van der Waals surface area contributed by atoms with E-state index in [1.54, 1.807) is 6.08 Å². The Morgan fingerprint density at radius 2 is 0.958 bits per heavy atom. The Morgan fingerprint density at radius 1 is 0.521 bits per heavy atom. The number of carbonyl (C=O) groups is 2. The minimum absolute atomic E-state index is 0.0304. The average Bonchev–Trinajstić information content (AvgIpc) is 3.37. The molecule has 1 rings (SSSR count). The zero-order chi connectivity index (χ0) is 51.7. The number of hydrogen-bond donors (Lipinski definition) is 6.